The summed E-state index contributed by atoms with van der Waals surface area (Å²) in [5.41, 5.74) is 6.57. The van der Waals surface area contributed by atoms with Crippen LogP contribution in [0.3, 0.4) is 0 Å². The minimum Gasteiger partial charge on any atom is -0.493 e. The normalized spacial score (nSPS) is 11.5. The van der Waals surface area contributed by atoms with E-state index in [4.69, 9.17) is 9.47 Å². The first-order chi connectivity index (χ1) is 11.8. The molecule has 0 spiro atoms. The van der Waals surface area contributed by atoms with Crippen LogP contribution < -0.4 is 9.47 Å². The van der Waals surface area contributed by atoms with E-state index in [-0.39, 0.29) is 0 Å². The van der Waals surface area contributed by atoms with Crippen LogP contribution in [-0.2, 0) is 0 Å². The van der Waals surface area contributed by atoms with E-state index in [9.17, 15) is 0 Å². The van der Waals surface area contributed by atoms with E-state index >= 15 is 0 Å². The Morgan fingerprint density at radius 2 is 1.28 bits per heavy atom. The molecule has 0 N–H and O–H groups in total. The predicted octanol–water partition coefficient (Wildman–Crippen LogP) is 6.74. The van der Waals surface area contributed by atoms with Gasteiger partial charge in [-0.15, -0.1) is 0 Å². The van der Waals surface area contributed by atoms with Crippen molar-refractivity contribution in [1.82, 2.24) is 0 Å². The SMILES string of the molecule is COc1cccc(-c2c(C(C)C)cc(C(C)C)cc2C(C)C)c1OC. The van der Waals surface area contributed by atoms with Crippen molar-refractivity contribution in [3.8, 4) is 22.6 Å². The zero-order valence-corrected chi connectivity index (χ0v) is 16.9. The van der Waals surface area contributed by atoms with E-state index < -0.39 is 0 Å². The van der Waals surface area contributed by atoms with Crippen LogP contribution in [0.4, 0.5) is 0 Å². The third-order valence-corrected chi connectivity index (χ3v) is 4.80. The first kappa shape index (κ1) is 19.4. The summed E-state index contributed by atoms with van der Waals surface area (Å²) in [5.74, 6) is 2.96. The maximum Gasteiger partial charge on any atom is 0.168 e. The lowest BCUT2D eigenvalue weighted by Crippen LogP contribution is -2.05. The molecule has 2 heteroatoms. The highest BCUT2D eigenvalue weighted by Crippen LogP contribution is 2.45. The summed E-state index contributed by atoms with van der Waals surface area (Å²) in [4.78, 5) is 0. The molecule has 0 unspecified atom stereocenters. The van der Waals surface area contributed by atoms with Gasteiger partial charge in [-0.3, -0.25) is 0 Å². The lowest BCUT2D eigenvalue weighted by atomic mass is 9.81. The Morgan fingerprint density at radius 1 is 0.720 bits per heavy atom. The predicted molar refractivity (Wildman–Crippen MR) is 107 cm³/mol. The molecule has 0 bridgehead atoms. The lowest BCUT2D eigenvalue weighted by Gasteiger charge is -2.24. The summed E-state index contributed by atoms with van der Waals surface area (Å²) in [7, 11) is 3.41. The highest BCUT2D eigenvalue weighted by Gasteiger charge is 2.22. The summed E-state index contributed by atoms with van der Waals surface area (Å²) in [6.45, 7) is 13.6. The zero-order valence-electron chi connectivity index (χ0n) is 16.9. The van der Waals surface area contributed by atoms with Crippen LogP contribution in [-0.4, -0.2) is 14.2 Å². The fourth-order valence-electron chi connectivity index (χ4n) is 3.35. The van der Waals surface area contributed by atoms with E-state index in [1.807, 2.05) is 12.1 Å². The van der Waals surface area contributed by atoms with Crippen LogP contribution in [0.15, 0.2) is 30.3 Å². The number of methoxy groups -OCH3 is 2. The lowest BCUT2D eigenvalue weighted by molar-refractivity contribution is 0.356. The Labute approximate surface area is 153 Å². The van der Waals surface area contributed by atoms with Gasteiger partial charge in [-0.25, -0.2) is 0 Å². The van der Waals surface area contributed by atoms with Gasteiger partial charge in [0.2, 0.25) is 0 Å². The second-order valence-electron chi connectivity index (χ2n) is 7.58. The molecule has 25 heavy (non-hydrogen) atoms. The second kappa shape index (κ2) is 7.95. The monoisotopic (exact) mass is 340 g/mol. The van der Waals surface area contributed by atoms with Gasteiger partial charge in [-0.05, 0) is 46.1 Å². The molecule has 0 radical (unpaired) electrons. The molecular weight excluding hydrogens is 308 g/mol. The molecule has 136 valence electrons. The van der Waals surface area contributed by atoms with Gasteiger partial charge in [0.1, 0.15) is 0 Å². The van der Waals surface area contributed by atoms with Gasteiger partial charge in [-0.1, -0.05) is 65.8 Å². The Bertz CT molecular complexity index is 698. The summed E-state index contributed by atoms with van der Waals surface area (Å²) in [6.07, 6.45) is 0. The summed E-state index contributed by atoms with van der Waals surface area (Å²) < 4.78 is 11.3. The Hall–Kier alpha value is -1.96. The van der Waals surface area contributed by atoms with Gasteiger partial charge in [0.05, 0.1) is 14.2 Å². The number of rotatable bonds is 6. The quantitative estimate of drug-likeness (QED) is 0.579. The summed E-state index contributed by atoms with van der Waals surface area (Å²) >= 11 is 0. The van der Waals surface area contributed by atoms with Crippen LogP contribution in [0.2, 0.25) is 0 Å². The molecule has 2 rings (SSSR count). The molecule has 2 aromatic carbocycles. The maximum atomic E-state index is 5.74. The van der Waals surface area contributed by atoms with Crippen molar-refractivity contribution in [3.05, 3.63) is 47.0 Å². The molecule has 0 saturated carbocycles. The van der Waals surface area contributed by atoms with E-state index in [1.165, 1.54) is 22.3 Å². The van der Waals surface area contributed by atoms with Crippen LogP contribution in [0.1, 0.15) is 76.0 Å². The average Bonchev–Trinajstić information content (AvgIpc) is 2.59. The van der Waals surface area contributed by atoms with E-state index in [0.29, 0.717) is 17.8 Å². The first-order valence-electron chi connectivity index (χ1n) is 9.20. The van der Waals surface area contributed by atoms with Gasteiger partial charge in [0.15, 0.2) is 11.5 Å². The minimum atomic E-state index is 0.433. The second-order valence-corrected chi connectivity index (χ2v) is 7.58. The van der Waals surface area contributed by atoms with E-state index in [1.54, 1.807) is 14.2 Å². The maximum absolute atomic E-state index is 5.74. The van der Waals surface area contributed by atoms with Crippen LogP contribution in [0.5, 0.6) is 11.5 Å². The number of ether oxygens (including phenoxy) is 2. The summed E-state index contributed by atoms with van der Waals surface area (Å²) in [5, 5.41) is 0. The van der Waals surface area contributed by atoms with Crippen LogP contribution in [0.25, 0.3) is 11.1 Å². The molecule has 0 aliphatic rings. The largest absolute Gasteiger partial charge is 0.493 e. The van der Waals surface area contributed by atoms with Crippen molar-refractivity contribution in [2.45, 2.75) is 59.3 Å². The molecule has 0 heterocycles. The molecule has 0 aliphatic heterocycles. The molecule has 0 saturated heterocycles. The van der Waals surface area contributed by atoms with Gasteiger partial charge >= 0.3 is 0 Å². The molecule has 0 atom stereocenters. The van der Waals surface area contributed by atoms with E-state index in [0.717, 1.165) is 17.1 Å². The van der Waals surface area contributed by atoms with Gasteiger partial charge < -0.3 is 9.47 Å². The standard InChI is InChI=1S/C23H32O2/c1-14(2)17-12-19(15(3)4)22(20(13-17)16(5)6)18-10-9-11-21(24-7)23(18)25-8/h9-16H,1-8H3. The van der Waals surface area contributed by atoms with Crippen LogP contribution in [0, 0.1) is 0 Å². The van der Waals surface area contributed by atoms with Crippen molar-refractivity contribution in [1.29, 1.82) is 0 Å². The smallest absolute Gasteiger partial charge is 0.168 e. The fourth-order valence-corrected chi connectivity index (χ4v) is 3.35. The zero-order chi connectivity index (χ0) is 18.7. The highest BCUT2D eigenvalue weighted by atomic mass is 16.5. The third-order valence-electron chi connectivity index (χ3n) is 4.80. The molecule has 0 aliphatic carbocycles. The topological polar surface area (TPSA) is 18.5 Å². The Balaban J connectivity index is 2.89. The molecule has 0 aromatic heterocycles. The Morgan fingerprint density at radius 3 is 1.68 bits per heavy atom. The minimum absolute atomic E-state index is 0.433. The molecule has 2 aromatic rings. The molecule has 0 fully saturated rings. The van der Waals surface area contributed by atoms with Crippen molar-refractivity contribution >= 4 is 0 Å². The molecular formula is C23H32O2. The fraction of sp³-hybridized carbons (Fsp3) is 0.478. The van der Waals surface area contributed by atoms with Crippen molar-refractivity contribution in [2.24, 2.45) is 0 Å². The highest BCUT2D eigenvalue weighted by molar-refractivity contribution is 5.80. The van der Waals surface area contributed by atoms with Crippen molar-refractivity contribution in [3.63, 3.8) is 0 Å². The summed E-state index contributed by atoms with van der Waals surface area (Å²) in [6, 6.07) is 10.9. The number of benzene rings is 2. The number of hydrogen-bond acceptors (Lipinski definition) is 2. The first-order valence-corrected chi connectivity index (χ1v) is 9.20. The van der Waals surface area contributed by atoms with Crippen LogP contribution >= 0.6 is 0 Å². The number of hydrogen-bond donors (Lipinski definition) is 0. The molecule has 0 amide bonds. The van der Waals surface area contributed by atoms with E-state index in [2.05, 4.69) is 59.7 Å². The van der Waals surface area contributed by atoms with Gasteiger partial charge in [0.25, 0.3) is 0 Å². The average molecular weight is 341 g/mol. The van der Waals surface area contributed by atoms with Gasteiger partial charge in [-0.2, -0.15) is 0 Å². The number of para-hydroxylation sites is 1. The van der Waals surface area contributed by atoms with Gasteiger partial charge in [0, 0.05) is 5.56 Å². The van der Waals surface area contributed by atoms with Crippen molar-refractivity contribution < 1.29 is 9.47 Å². The van der Waals surface area contributed by atoms with Crippen molar-refractivity contribution in [2.75, 3.05) is 14.2 Å². The third kappa shape index (κ3) is 3.84. The Kier molecular flexibility index (Phi) is 6.16. The molecule has 2 nitrogen and oxygen atoms in total.